The lowest BCUT2D eigenvalue weighted by molar-refractivity contribution is 0.0573. The first-order chi connectivity index (χ1) is 16.0. The summed E-state index contributed by atoms with van der Waals surface area (Å²) in [6, 6.07) is 13.9. The number of piperidine rings is 1. The maximum absolute atomic E-state index is 12.5. The molecule has 5 nitrogen and oxygen atoms in total. The summed E-state index contributed by atoms with van der Waals surface area (Å²) < 4.78 is 36.6. The lowest BCUT2D eigenvalue weighted by Gasteiger charge is -2.44. The molecule has 0 spiro atoms. The van der Waals surface area contributed by atoms with E-state index in [4.69, 9.17) is 9.47 Å². The minimum absolute atomic E-state index is 0.0723. The second-order valence-electron chi connectivity index (χ2n) is 8.70. The van der Waals surface area contributed by atoms with E-state index in [9.17, 15) is 13.6 Å². The van der Waals surface area contributed by atoms with Crippen molar-refractivity contribution in [2.45, 2.75) is 38.3 Å². The van der Waals surface area contributed by atoms with Crippen LogP contribution >= 0.6 is 0 Å². The number of amides is 1. The van der Waals surface area contributed by atoms with E-state index in [0.717, 1.165) is 30.4 Å². The van der Waals surface area contributed by atoms with Gasteiger partial charge in [0.1, 0.15) is 11.5 Å². The van der Waals surface area contributed by atoms with Crippen LogP contribution in [0.5, 0.6) is 11.5 Å². The van der Waals surface area contributed by atoms with E-state index < -0.39 is 6.08 Å². The van der Waals surface area contributed by atoms with Gasteiger partial charge in [0.05, 0.1) is 13.7 Å². The first-order valence-electron chi connectivity index (χ1n) is 11.4. The topological polar surface area (TPSA) is 50.8 Å². The molecule has 1 amide bonds. The molecule has 33 heavy (non-hydrogen) atoms. The Hall–Kier alpha value is -2.93. The Labute approximate surface area is 193 Å². The Morgan fingerprint density at radius 2 is 1.94 bits per heavy atom. The predicted octanol–water partition coefficient (Wildman–Crippen LogP) is 4.98. The minimum atomic E-state index is -1.63. The van der Waals surface area contributed by atoms with E-state index in [-0.39, 0.29) is 23.8 Å². The zero-order chi connectivity index (χ0) is 23.4. The van der Waals surface area contributed by atoms with Crippen LogP contribution in [-0.2, 0) is 6.54 Å². The van der Waals surface area contributed by atoms with Crippen LogP contribution in [0.25, 0.3) is 0 Å². The molecule has 1 fully saturated rings. The highest BCUT2D eigenvalue weighted by Gasteiger charge is 2.36. The summed E-state index contributed by atoms with van der Waals surface area (Å²) in [4.78, 5) is 14.3. The van der Waals surface area contributed by atoms with Crippen molar-refractivity contribution in [2.75, 3.05) is 26.8 Å². The van der Waals surface area contributed by atoms with Crippen LogP contribution in [0.2, 0.25) is 0 Å². The quantitative estimate of drug-likeness (QED) is 0.609. The van der Waals surface area contributed by atoms with Gasteiger partial charge in [-0.3, -0.25) is 9.69 Å². The fraction of sp³-hybridized carbons (Fsp3) is 0.423. The standard InChI is InChI=1S/C26H30F2N2O3/c1-17-24(16-33-21-10-7-19-15-29-26(31)23(19)14-21)22(18-5-8-20(32-2)9-6-18)11-13-30(17)12-3-4-25(27)28/h4-10,14,17,22,24H,3,11-13,15-16H2,1-2H3,(H,29,31). The van der Waals surface area contributed by atoms with Crippen molar-refractivity contribution >= 4 is 5.91 Å². The summed E-state index contributed by atoms with van der Waals surface area (Å²) in [6.45, 7) is 4.60. The van der Waals surface area contributed by atoms with Gasteiger partial charge in [-0.15, -0.1) is 0 Å². The van der Waals surface area contributed by atoms with Crippen molar-refractivity contribution in [2.24, 2.45) is 5.92 Å². The van der Waals surface area contributed by atoms with Gasteiger partial charge < -0.3 is 14.8 Å². The van der Waals surface area contributed by atoms with Gasteiger partial charge >= 0.3 is 0 Å². The Morgan fingerprint density at radius 3 is 2.67 bits per heavy atom. The van der Waals surface area contributed by atoms with E-state index in [1.54, 1.807) is 13.2 Å². The molecule has 7 heteroatoms. The van der Waals surface area contributed by atoms with Gasteiger partial charge in [0.2, 0.25) is 0 Å². The molecule has 2 heterocycles. The molecule has 4 rings (SSSR count). The van der Waals surface area contributed by atoms with Crippen LogP contribution in [0.1, 0.15) is 47.2 Å². The second kappa shape index (κ2) is 10.3. The molecule has 2 aliphatic heterocycles. The Bertz CT molecular complexity index is 1010. The molecular weight excluding hydrogens is 426 g/mol. The summed E-state index contributed by atoms with van der Waals surface area (Å²) >= 11 is 0. The lowest BCUT2D eigenvalue weighted by Crippen LogP contribution is -2.49. The zero-order valence-corrected chi connectivity index (χ0v) is 19.0. The fourth-order valence-corrected chi connectivity index (χ4v) is 4.98. The molecule has 2 aromatic rings. The third-order valence-corrected chi connectivity index (χ3v) is 6.91. The lowest BCUT2D eigenvalue weighted by atomic mass is 9.76. The summed E-state index contributed by atoms with van der Waals surface area (Å²) in [5, 5.41) is 2.83. The molecule has 0 radical (unpaired) electrons. The highest BCUT2D eigenvalue weighted by Crippen LogP contribution is 2.38. The summed E-state index contributed by atoms with van der Waals surface area (Å²) in [5.74, 6) is 1.85. The third-order valence-electron chi connectivity index (χ3n) is 6.91. The zero-order valence-electron chi connectivity index (χ0n) is 19.0. The Kier molecular flexibility index (Phi) is 7.28. The first-order valence-corrected chi connectivity index (χ1v) is 11.4. The molecule has 3 atom stereocenters. The first kappa shape index (κ1) is 23.2. The van der Waals surface area contributed by atoms with E-state index >= 15 is 0 Å². The van der Waals surface area contributed by atoms with Crippen molar-refractivity contribution < 1.29 is 23.0 Å². The van der Waals surface area contributed by atoms with Crippen LogP contribution in [0.15, 0.2) is 54.6 Å². The van der Waals surface area contributed by atoms with Crippen molar-refractivity contribution in [1.29, 1.82) is 0 Å². The number of carbonyl (C=O) groups is 1. The number of benzene rings is 2. The van der Waals surface area contributed by atoms with E-state index in [1.807, 2.05) is 24.3 Å². The number of halogens is 2. The van der Waals surface area contributed by atoms with Gasteiger partial charge in [-0.2, -0.15) is 8.78 Å². The smallest absolute Gasteiger partial charge is 0.266 e. The largest absolute Gasteiger partial charge is 0.497 e. The van der Waals surface area contributed by atoms with Gasteiger partial charge in [0.25, 0.3) is 12.0 Å². The van der Waals surface area contributed by atoms with Crippen LogP contribution in [0, 0.1) is 5.92 Å². The number of nitrogens with one attached hydrogen (secondary N) is 1. The SMILES string of the molecule is COc1ccc(C2CCN(CCC=C(F)F)C(C)C2COc2ccc3c(c2)C(=O)NC3)cc1. The third kappa shape index (κ3) is 5.36. The predicted molar refractivity (Wildman–Crippen MR) is 123 cm³/mol. The number of hydrogen-bond acceptors (Lipinski definition) is 4. The maximum atomic E-state index is 12.5. The highest BCUT2D eigenvalue weighted by atomic mass is 19.3. The average molecular weight is 457 g/mol. The molecule has 3 unspecified atom stereocenters. The molecule has 2 aromatic carbocycles. The van der Waals surface area contributed by atoms with Gasteiger partial charge in [-0.05, 0) is 73.7 Å². The van der Waals surface area contributed by atoms with E-state index in [2.05, 4.69) is 29.3 Å². The summed E-state index contributed by atoms with van der Waals surface area (Å²) in [6.07, 6.45) is 0.604. The number of rotatable bonds is 8. The number of hydrogen-bond donors (Lipinski definition) is 1. The maximum Gasteiger partial charge on any atom is 0.266 e. The molecule has 0 aliphatic carbocycles. The monoisotopic (exact) mass is 456 g/mol. The van der Waals surface area contributed by atoms with Crippen LogP contribution in [0.3, 0.4) is 0 Å². The van der Waals surface area contributed by atoms with Gasteiger partial charge in [-0.1, -0.05) is 18.2 Å². The van der Waals surface area contributed by atoms with Crippen LogP contribution < -0.4 is 14.8 Å². The normalized spacial score (nSPS) is 22.4. The molecule has 0 aromatic heterocycles. The molecule has 1 N–H and O–H groups in total. The van der Waals surface area contributed by atoms with Crippen LogP contribution in [0.4, 0.5) is 8.78 Å². The number of fused-ring (bicyclic) bond motifs is 1. The number of likely N-dealkylation sites (tertiary alicyclic amines) is 1. The summed E-state index contributed by atoms with van der Waals surface area (Å²) in [5.41, 5.74) is 2.87. The number of carbonyl (C=O) groups excluding carboxylic acids is 1. The number of methoxy groups -OCH3 is 1. The van der Waals surface area contributed by atoms with Crippen molar-refractivity contribution in [3.63, 3.8) is 0 Å². The average Bonchev–Trinajstić information content (AvgIpc) is 3.19. The van der Waals surface area contributed by atoms with Crippen molar-refractivity contribution in [1.82, 2.24) is 10.2 Å². The van der Waals surface area contributed by atoms with Gasteiger partial charge in [0, 0.05) is 30.6 Å². The molecule has 0 bridgehead atoms. The Morgan fingerprint density at radius 1 is 1.18 bits per heavy atom. The molecule has 0 saturated carbocycles. The summed E-state index contributed by atoms with van der Waals surface area (Å²) in [7, 11) is 1.65. The molecule has 176 valence electrons. The van der Waals surface area contributed by atoms with Crippen LogP contribution in [-0.4, -0.2) is 43.7 Å². The van der Waals surface area contributed by atoms with Crippen molar-refractivity contribution in [3.05, 3.63) is 71.3 Å². The minimum Gasteiger partial charge on any atom is -0.497 e. The van der Waals surface area contributed by atoms with Gasteiger partial charge in [-0.25, -0.2) is 0 Å². The molecular formula is C26H30F2N2O3. The number of nitrogens with zero attached hydrogens (tertiary/aromatic N) is 1. The molecule has 1 saturated heterocycles. The second-order valence-corrected chi connectivity index (χ2v) is 8.70. The van der Waals surface area contributed by atoms with E-state index in [0.29, 0.717) is 37.4 Å². The fourth-order valence-electron chi connectivity index (χ4n) is 4.98. The molecule has 2 aliphatic rings. The Balaban J connectivity index is 1.52. The number of ether oxygens (including phenoxy) is 2. The van der Waals surface area contributed by atoms with Gasteiger partial charge in [0.15, 0.2) is 0 Å². The van der Waals surface area contributed by atoms with E-state index in [1.165, 1.54) is 5.56 Å². The highest BCUT2D eigenvalue weighted by molar-refractivity contribution is 5.98. The van der Waals surface area contributed by atoms with Crippen molar-refractivity contribution in [3.8, 4) is 11.5 Å².